The summed E-state index contributed by atoms with van der Waals surface area (Å²) in [5.41, 5.74) is 2.58. The summed E-state index contributed by atoms with van der Waals surface area (Å²) in [6.45, 7) is 4.16. The summed E-state index contributed by atoms with van der Waals surface area (Å²) in [4.78, 5) is 13.8. The first-order valence-corrected chi connectivity index (χ1v) is 7.70. The maximum absolute atomic E-state index is 12.3. The quantitative estimate of drug-likeness (QED) is 0.767. The Labute approximate surface area is 142 Å². The SMILES string of the molecule is C=CCN(CCO)C(=O)Nc1cccc(-c2ccccc2OC)c1. The van der Waals surface area contributed by atoms with Crippen molar-refractivity contribution in [3.8, 4) is 16.9 Å². The van der Waals surface area contributed by atoms with Crippen LogP contribution in [0.1, 0.15) is 0 Å². The fourth-order valence-electron chi connectivity index (χ4n) is 2.40. The van der Waals surface area contributed by atoms with Crippen molar-refractivity contribution in [2.45, 2.75) is 0 Å². The molecule has 0 aliphatic rings. The molecular weight excluding hydrogens is 304 g/mol. The Kier molecular flexibility index (Phi) is 6.40. The van der Waals surface area contributed by atoms with Crippen LogP contribution in [0.4, 0.5) is 10.5 Å². The molecule has 0 aromatic heterocycles. The third-order valence-electron chi connectivity index (χ3n) is 3.54. The lowest BCUT2D eigenvalue weighted by Crippen LogP contribution is -2.37. The number of rotatable bonds is 7. The number of para-hydroxylation sites is 1. The first-order chi connectivity index (χ1) is 11.7. The molecule has 2 rings (SSSR count). The molecule has 5 heteroatoms. The average Bonchev–Trinajstić information content (AvgIpc) is 2.61. The summed E-state index contributed by atoms with van der Waals surface area (Å²) in [7, 11) is 1.63. The molecule has 0 atom stereocenters. The number of methoxy groups -OCH3 is 1. The minimum atomic E-state index is -0.277. The number of urea groups is 1. The topological polar surface area (TPSA) is 61.8 Å². The number of carbonyl (C=O) groups is 1. The number of ether oxygens (including phenoxy) is 1. The van der Waals surface area contributed by atoms with Gasteiger partial charge >= 0.3 is 6.03 Å². The molecule has 2 aromatic rings. The van der Waals surface area contributed by atoms with Crippen LogP contribution in [0.2, 0.25) is 0 Å². The second-order valence-corrected chi connectivity index (χ2v) is 5.17. The van der Waals surface area contributed by atoms with Crippen LogP contribution in [-0.4, -0.2) is 42.8 Å². The third kappa shape index (κ3) is 4.36. The second kappa shape index (κ2) is 8.74. The molecule has 0 heterocycles. The molecule has 5 nitrogen and oxygen atoms in total. The van der Waals surface area contributed by atoms with Crippen LogP contribution < -0.4 is 10.1 Å². The van der Waals surface area contributed by atoms with Gasteiger partial charge in [-0.3, -0.25) is 0 Å². The first kappa shape index (κ1) is 17.6. The van der Waals surface area contributed by atoms with E-state index in [9.17, 15) is 4.79 Å². The normalized spacial score (nSPS) is 10.1. The van der Waals surface area contributed by atoms with E-state index in [1.807, 2.05) is 48.5 Å². The molecule has 0 aliphatic carbocycles. The van der Waals surface area contributed by atoms with Crippen molar-refractivity contribution in [3.05, 3.63) is 61.2 Å². The average molecular weight is 326 g/mol. The Balaban J connectivity index is 2.21. The van der Waals surface area contributed by atoms with Gasteiger partial charge < -0.3 is 20.1 Å². The maximum atomic E-state index is 12.3. The highest BCUT2D eigenvalue weighted by Gasteiger charge is 2.12. The van der Waals surface area contributed by atoms with Crippen LogP contribution in [0.15, 0.2) is 61.2 Å². The Morgan fingerprint density at radius 3 is 2.79 bits per heavy atom. The van der Waals surface area contributed by atoms with Crippen LogP contribution in [0.5, 0.6) is 5.75 Å². The third-order valence-corrected chi connectivity index (χ3v) is 3.54. The van der Waals surface area contributed by atoms with Crippen LogP contribution in [0.25, 0.3) is 11.1 Å². The highest BCUT2D eigenvalue weighted by molar-refractivity contribution is 5.90. The van der Waals surface area contributed by atoms with E-state index in [1.54, 1.807) is 13.2 Å². The standard InChI is InChI=1S/C19H22N2O3/c1-3-11-21(12-13-22)19(23)20-16-8-6-7-15(14-16)17-9-4-5-10-18(17)24-2/h3-10,14,22H,1,11-13H2,2H3,(H,20,23). The molecular formula is C19H22N2O3. The summed E-state index contributed by atoms with van der Waals surface area (Å²) < 4.78 is 5.39. The number of hydrogen-bond acceptors (Lipinski definition) is 3. The van der Waals surface area contributed by atoms with E-state index >= 15 is 0 Å². The largest absolute Gasteiger partial charge is 0.496 e. The predicted octanol–water partition coefficient (Wildman–Crippen LogP) is 3.37. The fraction of sp³-hybridized carbons (Fsp3) is 0.211. The van der Waals surface area contributed by atoms with Crippen LogP contribution >= 0.6 is 0 Å². The first-order valence-electron chi connectivity index (χ1n) is 7.70. The lowest BCUT2D eigenvalue weighted by molar-refractivity contribution is 0.195. The zero-order valence-corrected chi connectivity index (χ0v) is 13.7. The number of nitrogens with one attached hydrogen (secondary N) is 1. The number of aliphatic hydroxyl groups is 1. The van der Waals surface area contributed by atoms with E-state index in [0.717, 1.165) is 16.9 Å². The van der Waals surface area contributed by atoms with Gasteiger partial charge in [0, 0.05) is 24.3 Å². The molecule has 0 saturated heterocycles. The van der Waals surface area contributed by atoms with Crippen molar-refractivity contribution in [2.24, 2.45) is 0 Å². The molecule has 0 fully saturated rings. The smallest absolute Gasteiger partial charge is 0.322 e. The molecule has 0 saturated carbocycles. The summed E-state index contributed by atoms with van der Waals surface area (Å²) in [5, 5.41) is 11.9. The number of carbonyl (C=O) groups excluding carboxylic acids is 1. The molecule has 0 bridgehead atoms. The fourth-order valence-corrected chi connectivity index (χ4v) is 2.40. The van der Waals surface area contributed by atoms with E-state index in [4.69, 9.17) is 9.84 Å². The van der Waals surface area contributed by atoms with E-state index in [2.05, 4.69) is 11.9 Å². The Morgan fingerprint density at radius 1 is 1.29 bits per heavy atom. The van der Waals surface area contributed by atoms with Gasteiger partial charge in [0.15, 0.2) is 0 Å². The molecule has 24 heavy (non-hydrogen) atoms. The summed E-state index contributed by atoms with van der Waals surface area (Å²) in [6.07, 6.45) is 1.63. The lowest BCUT2D eigenvalue weighted by Gasteiger charge is -2.20. The zero-order chi connectivity index (χ0) is 17.4. The summed E-state index contributed by atoms with van der Waals surface area (Å²) in [6, 6.07) is 15.0. The van der Waals surface area contributed by atoms with E-state index < -0.39 is 0 Å². The van der Waals surface area contributed by atoms with E-state index in [0.29, 0.717) is 12.2 Å². The number of amides is 2. The number of anilines is 1. The van der Waals surface area contributed by atoms with Crippen molar-refractivity contribution in [2.75, 3.05) is 32.1 Å². The van der Waals surface area contributed by atoms with Gasteiger partial charge in [-0.2, -0.15) is 0 Å². The highest BCUT2D eigenvalue weighted by atomic mass is 16.5. The molecule has 0 radical (unpaired) electrons. The van der Waals surface area contributed by atoms with Gasteiger partial charge in [-0.05, 0) is 23.8 Å². The Hall–Kier alpha value is -2.79. The number of nitrogens with zero attached hydrogens (tertiary/aromatic N) is 1. The van der Waals surface area contributed by atoms with Crippen LogP contribution in [0, 0.1) is 0 Å². The summed E-state index contributed by atoms with van der Waals surface area (Å²) >= 11 is 0. The number of benzene rings is 2. The van der Waals surface area contributed by atoms with Crippen molar-refractivity contribution in [1.82, 2.24) is 4.90 Å². The molecule has 0 aliphatic heterocycles. The monoisotopic (exact) mass is 326 g/mol. The number of hydrogen-bond donors (Lipinski definition) is 2. The minimum Gasteiger partial charge on any atom is -0.496 e. The summed E-state index contributed by atoms with van der Waals surface area (Å²) in [5.74, 6) is 0.773. The molecule has 2 N–H and O–H groups in total. The second-order valence-electron chi connectivity index (χ2n) is 5.17. The molecule has 2 amide bonds. The predicted molar refractivity (Wildman–Crippen MR) is 96.3 cm³/mol. The molecule has 2 aromatic carbocycles. The lowest BCUT2D eigenvalue weighted by atomic mass is 10.0. The maximum Gasteiger partial charge on any atom is 0.322 e. The highest BCUT2D eigenvalue weighted by Crippen LogP contribution is 2.30. The minimum absolute atomic E-state index is 0.0947. The van der Waals surface area contributed by atoms with Crippen LogP contribution in [-0.2, 0) is 0 Å². The van der Waals surface area contributed by atoms with Gasteiger partial charge in [0.05, 0.1) is 13.7 Å². The molecule has 0 spiro atoms. The van der Waals surface area contributed by atoms with Crippen molar-refractivity contribution >= 4 is 11.7 Å². The van der Waals surface area contributed by atoms with E-state index in [-0.39, 0.29) is 19.2 Å². The van der Waals surface area contributed by atoms with Crippen molar-refractivity contribution < 1.29 is 14.6 Å². The Morgan fingerprint density at radius 2 is 2.08 bits per heavy atom. The van der Waals surface area contributed by atoms with Crippen LogP contribution in [0.3, 0.4) is 0 Å². The van der Waals surface area contributed by atoms with E-state index in [1.165, 1.54) is 4.90 Å². The zero-order valence-electron chi connectivity index (χ0n) is 13.7. The van der Waals surface area contributed by atoms with Gasteiger partial charge in [0.1, 0.15) is 5.75 Å². The van der Waals surface area contributed by atoms with Crippen molar-refractivity contribution in [1.29, 1.82) is 0 Å². The molecule has 0 unspecified atom stereocenters. The Bertz CT molecular complexity index is 701. The van der Waals surface area contributed by atoms with Gasteiger partial charge in [0.25, 0.3) is 0 Å². The van der Waals surface area contributed by atoms with Crippen molar-refractivity contribution in [3.63, 3.8) is 0 Å². The van der Waals surface area contributed by atoms with Gasteiger partial charge in [-0.25, -0.2) is 4.79 Å². The number of aliphatic hydroxyl groups excluding tert-OH is 1. The van der Waals surface area contributed by atoms with Gasteiger partial charge in [0.2, 0.25) is 0 Å². The van der Waals surface area contributed by atoms with Gasteiger partial charge in [-0.1, -0.05) is 36.4 Å². The molecule has 126 valence electrons. The van der Waals surface area contributed by atoms with Gasteiger partial charge in [-0.15, -0.1) is 6.58 Å².